The van der Waals surface area contributed by atoms with Crippen molar-refractivity contribution in [3.05, 3.63) is 0 Å². The molecule has 0 aromatic rings. The molecule has 5 atom stereocenters. The van der Waals surface area contributed by atoms with Crippen LogP contribution in [0, 0.1) is 0 Å². The van der Waals surface area contributed by atoms with Crippen LogP contribution >= 0.6 is 0 Å². The van der Waals surface area contributed by atoms with Crippen LogP contribution in [0.25, 0.3) is 0 Å². The molecule has 0 aromatic carbocycles. The first kappa shape index (κ1) is 16.3. The van der Waals surface area contributed by atoms with Crippen LogP contribution in [0.1, 0.15) is 26.2 Å². The molecule has 7 nitrogen and oxygen atoms in total. The van der Waals surface area contributed by atoms with E-state index in [-0.39, 0.29) is 19.1 Å². The Morgan fingerprint density at radius 1 is 1.16 bits per heavy atom. The Balaban J connectivity index is 2.65. The van der Waals surface area contributed by atoms with E-state index in [0.717, 1.165) is 12.8 Å². The summed E-state index contributed by atoms with van der Waals surface area (Å²) in [5, 5.41) is 43.6. The van der Waals surface area contributed by atoms with Crippen LogP contribution in [0.4, 0.5) is 0 Å². The van der Waals surface area contributed by atoms with E-state index in [4.69, 9.17) is 5.11 Å². The predicted octanol–water partition coefficient (Wildman–Crippen LogP) is -2.29. The van der Waals surface area contributed by atoms with Gasteiger partial charge < -0.3 is 31.1 Å². The standard InChI is InChI=1S/C12H24N2O5/c1-2-3-4-9(17)14-10-7(5-15)13-8(6-16)11(18)12(10)19/h7-8,10-13,15-16,18-19H,2-6H2,1H3,(H,14,17)/t7-,8-,10+,11-,12-/m1/s1. The van der Waals surface area contributed by atoms with E-state index in [0.29, 0.717) is 6.42 Å². The molecule has 0 saturated carbocycles. The van der Waals surface area contributed by atoms with Gasteiger partial charge in [-0.2, -0.15) is 0 Å². The normalized spacial score (nSPS) is 35.1. The fourth-order valence-electron chi connectivity index (χ4n) is 2.27. The van der Waals surface area contributed by atoms with Gasteiger partial charge in [-0.3, -0.25) is 4.79 Å². The van der Waals surface area contributed by atoms with Crippen LogP contribution in [-0.4, -0.2) is 69.9 Å². The molecule has 112 valence electrons. The van der Waals surface area contributed by atoms with Crippen LogP contribution in [0.3, 0.4) is 0 Å². The lowest BCUT2D eigenvalue weighted by Crippen LogP contribution is -2.71. The highest BCUT2D eigenvalue weighted by Crippen LogP contribution is 2.16. The number of unbranched alkanes of at least 4 members (excludes halogenated alkanes) is 1. The van der Waals surface area contributed by atoms with Crippen molar-refractivity contribution in [1.82, 2.24) is 10.6 Å². The molecule has 0 unspecified atom stereocenters. The maximum Gasteiger partial charge on any atom is 0.220 e. The van der Waals surface area contributed by atoms with E-state index < -0.39 is 30.3 Å². The maximum absolute atomic E-state index is 11.7. The summed E-state index contributed by atoms with van der Waals surface area (Å²) in [6.45, 7) is 1.31. The van der Waals surface area contributed by atoms with Gasteiger partial charge >= 0.3 is 0 Å². The average molecular weight is 276 g/mol. The van der Waals surface area contributed by atoms with E-state index in [1.54, 1.807) is 0 Å². The van der Waals surface area contributed by atoms with Gasteiger partial charge in [0.25, 0.3) is 0 Å². The smallest absolute Gasteiger partial charge is 0.220 e. The lowest BCUT2D eigenvalue weighted by Gasteiger charge is -2.43. The van der Waals surface area contributed by atoms with E-state index in [9.17, 15) is 20.1 Å². The second-order valence-electron chi connectivity index (χ2n) is 4.92. The molecule has 0 bridgehead atoms. The molecule has 1 rings (SSSR count). The minimum atomic E-state index is -1.22. The van der Waals surface area contributed by atoms with Crippen LogP contribution in [0.15, 0.2) is 0 Å². The van der Waals surface area contributed by atoms with Crippen molar-refractivity contribution in [1.29, 1.82) is 0 Å². The highest BCUT2D eigenvalue weighted by atomic mass is 16.3. The van der Waals surface area contributed by atoms with E-state index >= 15 is 0 Å². The average Bonchev–Trinajstić information content (AvgIpc) is 2.42. The van der Waals surface area contributed by atoms with Crippen molar-refractivity contribution < 1.29 is 25.2 Å². The van der Waals surface area contributed by atoms with Crippen LogP contribution in [-0.2, 0) is 4.79 Å². The van der Waals surface area contributed by atoms with Crippen molar-refractivity contribution in [2.75, 3.05) is 13.2 Å². The lowest BCUT2D eigenvalue weighted by molar-refractivity contribution is -0.127. The Morgan fingerprint density at radius 2 is 1.79 bits per heavy atom. The molecule has 1 heterocycles. The summed E-state index contributed by atoms with van der Waals surface area (Å²) in [5.74, 6) is -0.221. The number of carbonyl (C=O) groups excluding carboxylic acids is 1. The first-order chi connectivity index (χ1) is 9.04. The summed E-state index contributed by atoms with van der Waals surface area (Å²) >= 11 is 0. The molecule has 1 aliphatic heterocycles. The fraction of sp³-hybridized carbons (Fsp3) is 0.917. The van der Waals surface area contributed by atoms with Gasteiger partial charge in [-0.05, 0) is 6.42 Å². The van der Waals surface area contributed by atoms with Crippen LogP contribution < -0.4 is 10.6 Å². The number of hydrogen-bond acceptors (Lipinski definition) is 6. The van der Waals surface area contributed by atoms with Crippen molar-refractivity contribution in [3.8, 4) is 0 Å². The molecule has 0 aromatic heterocycles. The molecule has 6 N–H and O–H groups in total. The zero-order valence-corrected chi connectivity index (χ0v) is 11.1. The van der Waals surface area contributed by atoms with E-state index in [2.05, 4.69) is 10.6 Å². The Bertz CT molecular complexity index is 287. The molecule has 19 heavy (non-hydrogen) atoms. The molecule has 7 heteroatoms. The van der Waals surface area contributed by atoms with Crippen molar-refractivity contribution >= 4 is 5.91 Å². The fourth-order valence-corrected chi connectivity index (χ4v) is 2.27. The quantitative estimate of drug-likeness (QED) is 0.325. The van der Waals surface area contributed by atoms with E-state index in [1.165, 1.54) is 0 Å². The summed E-state index contributed by atoms with van der Waals surface area (Å²) in [7, 11) is 0. The van der Waals surface area contributed by atoms with Gasteiger partial charge in [-0.15, -0.1) is 0 Å². The molecule has 0 spiro atoms. The third-order valence-electron chi connectivity index (χ3n) is 3.47. The van der Waals surface area contributed by atoms with Crippen LogP contribution in [0.2, 0.25) is 0 Å². The summed E-state index contributed by atoms with van der Waals surface area (Å²) < 4.78 is 0. The SMILES string of the molecule is CCCCC(=O)N[C@@H]1[C@@H](O)[C@H](O)[C@@H](CO)N[C@@H]1CO. The molecule has 1 amide bonds. The van der Waals surface area contributed by atoms with Gasteiger partial charge in [-0.1, -0.05) is 13.3 Å². The Hall–Kier alpha value is -0.730. The number of aliphatic hydroxyl groups excluding tert-OH is 4. The summed E-state index contributed by atoms with van der Waals surface area (Å²) in [5.41, 5.74) is 0. The molecular formula is C12H24N2O5. The first-order valence-corrected chi connectivity index (χ1v) is 6.68. The topological polar surface area (TPSA) is 122 Å². The third-order valence-corrected chi connectivity index (χ3v) is 3.47. The molecule has 1 aliphatic rings. The summed E-state index contributed by atoms with van der Waals surface area (Å²) in [4.78, 5) is 11.7. The number of hydrogen-bond donors (Lipinski definition) is 6. The Morgan fingerprint density at radius 3 is 2.32 bits per heavy atom. The van der Waals surface area contributed by atoms with Crippen molar-refractivity contribution in [3.63, 3.8) is 0 Å². The monoisotopic (exact) mass is 276 g/mol. The van der Waals surface area contributed by atoms with Gasteiger partial charge in [0.05, 0.1) is 37.4 Å². The molecule has 1 fully saturated rings. The zero-order valence-electron chi connectivity index (χ0n) is 11.1. The van der Waals surface area contributed by atoms with Gasteiger partial charge in [-0.25, -0.2) is 0 Å². The number of carbonyl (C=O) groups is 1. The van der Waals surface area contributed by atoms with Crippen molar-refractivity contribution in [2.45, 2.75) is 56.5 Å². The summed E-state index contributed by atoms with van der Waals surface area (Å²) in [6, 6.07) is -2.08. The van der Waals surface area contributed by atoms with Crippen LogP contribution in [0.5, 0.6) is 0 Å². The zero-order chi connectivity index (χ0) is 14.4. The molecule has 0 aliphatic carbocycles. The minimum Gasteiger partial charge on any atom is -0.395 e. The third kappa shape index (κ3) is 4.12. The second-order valence-corrected chi connectivity index (χ2v) is 4.92. The van der Waals surface area contributed by atoms with Gasteiger partial charge in [0.2, 0.25) is 5.91 Å². The van der Waals surface area contributed by atoms with Crippen molar-refractivity contribution in [2.24, 2.45) is 0 Å². The number of piperidine rings is 1. The Labute approximate surface area is 112 Å². The maximum atomic E-state index is 11.7. The first-order valence-electron chi connectivity index (χ1n) is 6.68. The largest absolute Gasteiger partial charge is 0.395 e. The van der Waals surface area contributed by atoms with Gasteiger partial charge in [0.1, 0.15) is 6.10 Å². The summed E-state index contributed by atoms with van der Waals surface area (Å²) in [6.07, 6.45) is -0.437. The number of aliphatic hydroxyl groups is 4. The van der Waals surface area contributed by atoms with Gasteiger partial charge in [0.15, 0.2) is 0 Å². The molecular weight excluding hydrogens is 252 g/mol. The highest BCUT2D eigenvalue weighted by Gasteiger charge is 2.43. The number of nitrogens with one attached hydrogen (secondary N) is 2. The van der Waals surface area contributed by atoms with Gasteiger partial charge in [0, 0.05) is 6.42 Å². The minimum absolute atomic E-state index is 0.221. The molecule has 1 saturated heterocycles. The number of amides is 1. The Kier molecular flexibility index (Phi) is 6.67. The lowest BCUT2D eigenvalue weighted by atomic mass is 9.88. The highest BCUT2D eigenvalue weighted by molar-refractivity contribution is 5.76. The second kappa shape index (κ2) is 7.76. The number of rotatable bonds is 6. The predicted molar refractivity (Wildman–Crippen MR) is 68.4 cm³/mol. The van der Waals surface area contributed by atoms with E-state index in [1.807, 2.05) is 6.92 Å². The molecule has 0 radical (unpaired) electrons.